The molecule has 0 heterocycles. The number of unbranched alkanes of at least 4 members (excludes halogenated alkanes) is 17. The quantitative estimate of drug-likeness (QED) is 0.0738. The van der Waals surface area contributed by atoms with Crippen LogP contribution in [0.3, 0.4) is 0 Å². The van der Waals surface area contributed by atoms with Crippen LogP contribution in [0, 0.1) is 0 Å². The molecule has 41 heavy (non-hydrogen) atoms. The summed E-state index contributed by atoms with van der Waals surface area (Å²) in [6.07, 6.45) is 24.5. The van der Waals surface area contributed by atoms with Gasteiger partial charge < -0.3 is 14.6 Å². The molecule has 0 saturated heterocycles. The third kappa shape index (κ3) is 16.7. The predicted molar refractivity (Wildman–Crippen MR) is 169 cm³/mol. The summed E-state index contributed by atoms with van der Waals surface area (Å²) in [7, 11) is 0. The van der Waals surface area contributed by atoms with E-state index in [1.807, 2.05) is 36.4 Å². The molecule has 0 saturated carbocycles. The Morgan fingerprint density at radius 1 is 0.561 bits per heavy atom. The zero-order valence-electron chi connectivity index (χ0n) is 25.1. The van der Waals surface area contributed by atoms with E-state index in [-0.39, 0.29) is 5.97 Å². The lowest BCUT2D eigenvalue weighted by Gasteiger charge is -2.08. The van der Waals surface area contributed by atoms with Crippen LogP contribution in [0.1, 0.15) is 126 Å². The second-order valence-electron chi connectivity index (χ2n) is 11.0. The van der Waals surface area contributed by atoms with E-state index in [9.17, 15) is 9.59 Å². The molecule has 226 valence electrons. The number of esters is 1. The van der Waals surface area contributed by atoms with Gasteiger partial charge in [-0.25, -0.2) is 9.59 Å². The number of aromatic carboxylic acids is 1. The molecule has 2 rings (SSSR count). The topological polar surface area (TPSA) is 72.8 Å². The molecule has 0 bridgehead atoms. The van der Waals surface area contributed by atoms with Gasteiger partial charge in [-0.1, -0.05) is 134 Å². The van der Waals surface area contributed by atoms with E-state index in [2.05, 4.69) is 6.58 Å². The van der Waals surface area contributed by atoms with Gasteiger partial charge >= 0.3 is 11.9 Å². The second-order valence-corrected chi connectivity index (χ2v) is 11.0. The molecule has 5 nitrogen and oxygen atoms in total. The molecule has 0 aliphatic carbocycles. The molecule has 0 atom stereocenters. The SMILES string of the molecule is C=CC(=O)OCCCCCCCCCCCCCCCCCCCCOc1ccc(-c2ccc(C(=O)O)cc2)cc1. The van der Waals surface area contributed by atoms with E-state index in [1.165, 1.54) is 102 Å². The molecule has 5 heteroatoms. The fourth-order valence-electron chi connectivity index (χ4n) is 5.00. The van der Waals surface area contributed by atoms with Crippen LogP contribution in [0.25, 0.3) is 11.1 Å². The molecule has 1 N–H and O–H groups in total. The molecule has 2 aromatic carbocycles. The minimum Gasteiger partial charge on any atom is -0.494 e. The number of ether oxygens (including phenoxy) is 2. The maximum absolute atomic E-state index is 11.0. The van der Waals surface area contributed by atoms with E-state index in [4.69, 9.17) is 14.6 Å². The van der Waals surface area contributed by atoms with Crippen LogP contribution >= 0.6 is 0 Å². The maximum Gasteiger partial charge on any atom is 0.335 e. The number of rotatable bonds is 25. The van der Waals surface area contributed by atoms with E-state index in [0.717, 1.165) is 42.7 Å². The highest BCUT2D eigenvalue weighted by Gasteiger charge is 2.04. The number of hydrogen-bond donors (Lipinski definition) is 1. The van der Waals surface area contributed by atoms with Crippen LogP contribution < -0.4 is 4.74 Å². The monoisotopic (exact) mass is 564 g/mol. The van der Waals surface area contributed by atoms with Gasteiger partial charge in [0.15, 0.2) is 0 Å². The third-order valence-electron chi connectivity index (χ3n) is 7.54. The van der Waals surface area contributed by atoms with E-state index < -0.39 is 5.97 Å². The molecule has 0 aromatic heterocycles. The van der Waals surface area contributed by atoms with Crippen molar-refractivity contribution in [2.75, 3.05) is 13.2 Å². The zero-order chi connectivity index (χ0) is 29.4. The smallest absolute Gasteiger partial charge is 0.335 e. The van der Waals surface area contributed by atoms with Gasteiger partial charge in [-0.15, -0.1) is 0 Å². The standard InChI is InChI=1S/C36H52O5/c1-2-35(37)41-30-20-18-16-14-12-10-8-6-4-3-5-7-9-11-13-15-17-19-29-40-34-27-25-32(26-28-34)31-21-23-33(24-22-31)36(38)39/h2,21-28H,1,3-20,29-30H2,(H,38,39). The first-order chi connectivity index (χ1) is 20.1. The second kappa shape index (κ2) is 22.6. The first-order valence-electron chi connectivity index (χ1n) is 16.0. The summed E-state index contributed by atoms with van der Waals surface area (Å²) < 4.78 is 10.9. The van der Waals surface area contributed by atoms with Crippen molar-refractivity contribution < 1.29 is 24.2 Å². The normalized spacial score (nSPS) is 10.8. The van der Waals surface area contributed by atoms with Crippen molar-refractivity contribution in [1.29, 1.82) is 0 Å². The average Bonchev–Trinajstić information content (AvgIpc) is 2.99. The first-order valence-corrected chi connectivity index (χ1v) is 16.0. The summed E-state index contributed by atoms with van der Waals surface area (Å²) in [6.45, 7) is 4.67. The van der Waals surface area contributed by atoms with Gasteiger partial charge in [-0.3, -0.25) is 0 Å². The molecule has 0 aliphatic heterocycles. The van der Waals surface area contributed by atoms with Gasteiger partial charge in [0.1, 0.15) is 5.75 Å². The van der Waals surface area contributed by atoms with Crippen molar-refractivity contribution >= 4 is 11.9 Å². The molecule has 0 aliphatic rings. The van der Waals surface area contributed by atoms with Crippen molar-refractivity contribution in [3.63, 3.8) is 0 Å². The van der Waals surface area contributed by atoms with Crippen LogP contribution in [-0.4, -0.2) is 30.3 Å². The van der Waals surface area contributed by atoms with Gasteiger partial charge in [0, 0.05) is 6.08 Å². The van der Waals surface area contributed by atoms with Gasteiger partial charge in [0.25, 0.3) is 0 Å². The van der Waals surface area contributed by atoms with Gasteiger partial charge in [0.05, 0.1) is 18.8 Å². The van der Waals surface area contributed by atoms with Gasteiger partial charge in [-0.05, 0) is 48.2 Å². The van der Waals surface area contributed by atoms with E-state index in [1.54, 1.807) is 12.1 Å². The van der Waals surface area contributed by atoms with Crippen LogP contribution in [-0.2, 0) is 9.53 Å². The summed E-state index contributed by atoms with van der Waals surface area (Å²) in [5.74, 6) is -0.337. The first kappa shape index (κ1) is 34.1. The molecular weight excluding hydrogens is 512 g/mol. The predicted octanol–water partition coefficient (Wildman–Crippen LogP) is 10.2. The molecular formula is C36H52O5. The number of carbonyl (C=O) groups is 2. The largest absolute Gasteiger partial charge is 0.494 e. The molecule has 0 spiro atoms. The fraction of sp³-hybridized carbons (Fsp3) is 0.556. The maximum atomic E-state index is 11.0. The summed E-state index contributed by atoms with van der Waals surface area (Å²) in [6, 6.07) is 14.9. The van der Waals surface area contributed by atoms with Crippen LogP contribution in [0.5, 0.6) is 5.75 Å². The Labute approximate surface area is 248 Å². The highest BCUT2D eigenvalue weighted by atomic mass is 16.5. The Kier molecular flexibility index (Phi) is 18.8. The molecule has 0 amide bonds. The fourth-order valence-corrected chi connectivity index (χ4v) is 5.00. The Bertz CT molecular complexity index is 964. The lowest BCUT2D eigenvalue weighted by atomic mass is 10.0. The molecule has 0 fully saturated rings. The number of carboxylic acid groups (broad SMARTS) is 1. The lowest BCUT2D eigenvalue weighted by Crippen LogP contribution is -2.01. The number of hydrogen-bond acceptors (Lipinski definition) is 4. The molecule has 0 unspecified atom stereocenters. The number of carbonyl (C=O) groups excluding carboxylic acids is 1. The summed E-state index contributed by atoms with van der Waals surface area (Å²) in [4.78, 5) is 21.9. The van der Waals surface area contributed by atoms with Crippen molar-refractivity contribution in [1.82, 2.24) is 0 Å². The van der Waals surface area contributed by atoms with Gasteiger partial charge in [-0.2, -0.15) is 0 Å². The third-order valence-corrected chi connectivity index (χ3v) is 7.54. The summed E-state index contributed by atoms with van der Waals surface area (Å²) in [5.41, 5.74) is 2.35. The summed E-state index contributed by atoms with van der Waals surface area (Å²) in [5, 5.41) is 9.03. The Morgan fingerprint density at radius 3 is 1.32 bits per heavy atom. The minimum absolute atomic E-state index is 0.300. The summed E-state index contributed by atoms with van der Waals surface area (Å²) >= 11 is 0. The number of benzene rings is 2. The highest BCUT2D eigenvalue weighted by Crippen LogP contribution is 2.23. The minimum atomic E-state index is -0.906. The van der Waals surface area contributed by atoms with Crippen molar-refractivity contribution in [2.45, 2.75) is 116 Å². The van der Waals surface area contributed by atoms with Crippen molar-refractivity contribution in [3.8, 4) is 16.9 Å². The van der Waals surface area contributed by atoms with Crippen molar-refractivity contribution in [3.05, 3.63) is 66.7 Å². The van der Waals surface area contributed by atoms with E-state index in [0.29, 0.717) is 12.2 Å². The molecule has 2 aromatic rings. The van der Waals surface area contributed by atoms with Crippen LogP contribution in [0.2, 0.25) is 0 Å². The van der Waals surface area contributed by atoms with Crippen LogP contribution in [0.4, 0.5) is 0 Å². The average molecular weight is 565 g/mol. The highest BCUT2D eigenvalue weighted by molar-refractivity contribution is 5.88. The van der Waals surface area contributed by atoms with E-state index >= 15 is 0 Å². The Balaban J connectivity index is 1.31. The Hall–Kier alpha value is -3.08. The Morgan fingerprint density at radius 2 is 0.927 bits per heavy atom. The van der Waals surface area contributed by atoms with Crippen LogP contribution in [0.15, 0.2) is 61.2 Å². The lowest BCUT2D eigenvalue weighted by molar-refractivity contribution is -0.137. The number of carboxylic acids is 1. The molecule has 0 radical (unpaired) electrons. The van der Waals surface area contributed by atoms with Gasteiger partial charge in [0.2, 0.25) is 0 Å². The zero-order valence-corrected chi connectivity index (χ0v) is 25.1. The van der Waals surface area contributed by atoms with Crippen molar-refractivity contribution in [2.24, 2.45) is 0 Å².